The molecule has 2 amide bonds. The molecule has 0 N–H and O–H groups in total. The first-order chi connectivity index (χ1) is 16.0. The molecule has 3 saturated heterocycles. The Bertz CT molecular complexity index is 1160. The van der Waals surface area contributed by atoms with Gasteiger partial charge in [-0.1, -0.05) is 12.2 Å². The zero-order valence-electron chi connectivity index (χ0n) is 18.9. The molecule has 0 spiro atoms. The molecule has 6 nitrogen and oxygen atoms in total. The van der Waals surface area contributed by atoms with E-state index >= 15 is 0 Å². The number of nitrogens with zero attached hydrogens (tertiary/aromatic N) is 4. The molecule has 4 aliphatic rings. The number of rotatable bonds is 2. The van der Waals surface area contributed by atoms with E-state index < -0.39 is 6.04 Å². The number of carbonyl (C=O) groups excluding carboxylic acids is 2. The molecule has 172 valence electrons. The highest BCUT2D eigenvalue weighted by molar-refractivity contribution is 5.89. The van der Waals surface area contributed by atoms with E-state index in [1.807, 2.05) is 28.9 Å². The third-order valence-corrected chi connectivity index (χ3v) is 8.01. The Kier molecular flexibility index (Phi) is 4.89. The van der Waals surface area contributed by atoms with Crippen LogP contribution in [0, 0.1) is 24.6 Å². The van der Waals surface area contributed by atoms with Gasteiger partial charge in [-0.25, -0.2) is 9.37 Å². The van der Waals surface area contributed by atoms with Crippen molar-refractivity contribution in [2.45, 2.75) is 44.7 Å². The average Bonchev–Trinajstić information content (AvgIpc) is 3.34. The SMILES string of the molecule is Cc1cc(N2C[C@H]3C[C@@H](C2)[C@H](C(=O)N2CC=CC2)N2C(=O)CCC[C@@H]32)nc2cc(F)ccc12. The maximum Gasteiger partial charge on any atom is 0.246 e. The number of aryl methyl sites for hydroxylation is 1. The van der Waals surface area contributed by atoms with Gasteiger partial charge in [-0.15, -0.1) is 0 Å². The van der Waals surface area contributed by atoms with Gasteiger partial charge < -0.3 is 14.7 Å². The highest BCUT2D eigenvalue weighted by Gasteiger charge is 2.52. The third-order valence-electron chi connectivity index (χ3n) is 8.01. The second-order valence-corrected chi connectivity index (χ2v) is 10.0. The van der Waals surface area contributed by atoms with Crippen LogP contribution in [0.15, 0.2) is 36.4 Å². The molecule has 33 heavy (non-hydrogen) atoms. The molecule has 4 atom stereocenters. The van der Waals surface area contributed by atoms with Crippen molar-refractivity contribution in [2.75, 3.05) is 31.1 Å². The molecule has 4 aliphatic heterocycles. The first kappa shape index (κ1) is 20.6. The van der Waals surface area contributed by atoms with E-state index in [9.17, 15) is 14.0 Å². The van der Waals surface area contributed by atoms with Crippen LogP contribution in [0.25, 0.3) is 10.9 Å². The van der Waals surface area contributed by atoms with Gasteiger partial charge in [0.2, 0.25) is 11.8 Å². The van der Waals surface area contributed by atoms with Gasteiger partial charge >= 0.3 is 0 Å². The normalized spacial score (nSPS) is 29.0. The van der Waals surface area contributed by atoms with Crippen LogP contribution in [-0.2, 0) is 9.59 Å². The summed E-state index contributed by atoms with van der Waals surface area (Å²) in [6, 6.07) is 6.53. The van der Waals surface area contributed by atoms with Crippen molar-refractivity contribution >= 4 is 28.5 Å². The second-order valence-electron chi connectivity index (χ2n) is 10.0. The maximum absolute atomic E-state index is 13.9. The standard InChI is InChI=1S/C26H29FN4O2/c1-16-11-23(28-21-13-19(27)7-8-20(16)21)30-14-17-12-18(15-30)25(26(33)29-9-2-3-10-29)31-22(17)5-4-6-24(31)32/h2-3,7-8,11,13,17-18,22,25H,4-6,9-10,12,14-15H2,1H3/t17-,18+,22+,25-/m1/s1. The average molecular weight is 449 g/mol. The molecule has 6 rings (SSSR count). The van der Waals surface area contributed by atoms with Crippen LogP contribution in [0.3, 0.4) is 0 Å². The summed E-state index contributed by atoms with van der Waals surface area (Å²) < 4.78 is 13.9. The van der Waals surface area contributed by atoms with Crippen LogP contribution in [-0.4, -0.2) is 64.9 Å². The minimum atomic E-state index is -0.402. The van der Waals surface area contributed by atoms with Gasteiger partial charge in [-0.3, -0.25) is 9.59 Å². The van der Waals surface area contributed by atoms with Gasteiger partial charge in [-0.05, 0) is 55.9 Å². The van der Waals surface area contributed by atoms with E-state index in [2.05, 4.69) is 11.0 Å². The Morgan fingerprint density at radius 1 is 1.12 bits per heavy atom. The summed E-state index contributed by atoms with van der Waals surface area (Å²) >= 11 is 0. The monoisotopic (exact) mass is 448 g/mol. The fraction of sp³-hybridized carbons (Fsp3) is 0.500. The van der Waals surface area contributed by atoms with E-state index in [0.717, 1.165) is 42.6 Å². The number of amides is 2. The lowest BCUT2D eigenvalue weighted by Crippen LogP contribution is -2.68. The van der Waals surface area contributed by atoms with Crippen LogP contribution >= 0.6 is 0 Å². The Morgan fingerprint density at radius 2 is 1.91 bits per heavy atom. The van der Waals surface area contributed by atoms with E-state index in [1.54, 1.807) is 6.07 Å². The topological polar surface area (TPSA) is 56.8 Å². The number of fused-ring (bicyclic) bond motifs is 5. The summed E-state index contributed by atoms with van der Waals surface area (Å²) in [6.45, 7) is 4.77. The maximum atomic E-state index is 13.9. The number of hydrogen-bond donors (Lipinski definition) is 0. The zero-order chi connectivity index (χ0) is 22.7. The molecule has 0 aliphatic carbocycles. The lowest BCUT2D eigenvalue weighted by molar-refractivity contribution is -0.160. The van der Waals surface area contributed by atoms with Crippen LogP contribution in [0.2, 0.25) is 0 Å². The molecule has 3 fully saturated rings. The Morgan fingerprint density at radius 3 is 2.73 bits per heavy atom. The van der Waals surface area contributed by atoms with Crippen LogP contribution in [0.5, 0.6) is 0 Å². The van der Waals surface area contributed by atoms with E-state index in [1.165, 1.54) is 12.1 Å². The first-order valence-corrected chi connectivity index (χ1v) is 12.1. The van der Waals surface area contributed by atoms with Gasteiger partial charge in [-0.2, -0.15) is 0 Å². The van der Waals surface area contributed by atoms with Crippen molar-refractivity contribution in [1.29, 1.82) is 0 Å². The predicted molar refractivity (Wildman–Crippen MR) is 124 cm³/mol. The largest absolute Gasteiger partial charge is 0.356 e. The number of piperidine rings is 3. The first-order valence-electron chi connectivity index (χ1n) is 12.1. The molecule has 7 heteroatoms. The Labute approximate surface area is 193 Å². The predicted octanol–water partition coefficient (Wildman–Crippen LogP) is 3.29. The highest BCUT2D eigenvalue weighted by Crippen LogP contribution is 2.43. The second kappa shape index (κ2) is 7.82. The summed E-state index contributed by atoms with van der Waals surface area (Å²) in [5.41, 5.74) is 1.72. The summed E-state index contributed by atoms with van der Waals surface area (Å²) in [6.07, 6.45) is 7.39. The molecular formula is C26H29FN4O2. The van der Waals surface area contributed by atoms with Gasteiger partial charge in [0.1, 0.15) is 17.7 Å². The van der Waals surface area contributed by atoms with Crippen LogP contribution in [0.1, 0.15) is 31.2 Å². The van der Waals surface area contributed by atoms with Crippen molar-refractivity contribution in [1.82, 2.24) is 14.8 Å². The fourth-order valence-corrected chi connectivity index (χ4v) is 6.53. The van der Waals surface area contributed by atoms with Crippen LogP contribution in [0.4, 0.5) is 10.2 Å². The summed E-state index contributed by atoms with van der Waals surface area (Å²) in [5, 5.41) is 0.955. The molecule has 0 saturated carbocycles. The molecule has 2 bridgehead atoms. The van der Waals surface area contributed by atoms with Gasteiger partial charge in [0.25, 0.3) is 0 Å². The summed E-state index contributed by atoms with van der Waals surface area (Å²) in [5.74, 6) is 1.15. The number of carbonyl (C=O) groups is 2. The molecule has 0 unspecified atom stereocenters. The summed E-state index contributed by atoms with van der Waals surface area (Å²) in [7, 11) is 0. The zero-order valence-corrected chi connectivity index (χ0v) is 18.9. The molecule has 1 aromatic heterocycles. The Balaban J connectivity index is 1.36. The number of anilines is 1. The lowest BCUT2D eigenvalue weighted by Gasteiger charge is -2.56. The number of hydrogen-bond acceptors (Lipinski definition) is 4. The van der Waals surface area contributed by atoms with Crippen LogP contribution < -0.4 is 4.90 Å². The van der Waals surface area contributed by atoms with Crippen molar-refractivity contribution in [3.05, 3.63) is 47.8 Å². The number of benzene rings is 1. The molecule has 5 heterocycles. The van der Waals surface area contributed by atoms with Crippen molar-refractivity contribution < 1.29 is 14.0 Å². The highest BCUT2D eigenvalue weighted by atomic mass is 19.1. The Hall–Kier alpha value is -2.96. The van der Waals surface area contributed by atoms with Crippen molar-refractivity contribution in [3.8, 4) is 0 Å². The van der Waals surface area contributed by atoms with E-state index in [0.29, 0.717) is 37.5 Å². The van der Waals surface area contributed by atoms with Gasteiger partial charge in [0.05, 0.1) is 5.52 Å². The smallest absolute Gasteiger partial charge is 0.246 e. The summed E-state index contributed by atoms with van der Waals surface area (Å²) in [4.78, 5) is 37.6. The minimum absolute atomic E-state index is 0.0699. The molecule has 2 aromatic rings. The quantitative estimate of drug-likeness (QED) is 0.662. The number of aromatic nitrogens is 1. The fourth-order valence-electron chi connectivity index (χ4n) is 6.53. The van der Waals surface area contributed by atoms with Crippen molar-refractivity contribution in [2.24, 2.45) is 11.8 Å². The third kappa shape index (κ3) is 3.40. The lowest BCUT2D eigenvalue weighted by atomic mass is 9.71. The number of halogens is 1. The minimum Gasteiger partial charge on any atom is -0.356 e. The molecule has 1 aromatic carbocycles. The van der Waals surface area contributed by atoms with E-state index in [-0.39, 0.29) is 29.6 Å². The van der Waals surface area contributed by atoms with E-state index in [4.69, 9.17) is 4.98 Å². The van der Waals surface area contributed by atoms with Gasteiger partial charge in [0, 0.05) is 56.0 Å². The molecule has 0 radical (unpaired) electrons. The number of pyridine rings is 1. The molecular weight excluding hydrogens is 419 g/mol. The van der Waals surface area contributed by atoms with Gasteiger partial charge in [0.15, 0.2) is 0 Å². The van der Waals surface area contributed by atoms with Crippen molar-refractivity contribution in [3.63, 3.8) is 0 Å².